The van der Waals surface area contributed by atoms with E-state index in [1.54, 1.807) is 18.2 Å². The van der Waals surface area contributed by atoms with E-state index in [4.69, 9.17) is 16.3 Å². The molecule has 1 aromatic heterocycles. The highest BCUT2D eigenvalue weighted by Crippen LogP contribution is 2.34. The summed E-state index contributed by atoms with van der Waals surface area (Å²) < 4.78 is 5.14. The van der Waals surface area contributed by atoms with Crippen molar-refractivity contribution in [3.8, 4) is 5.75 Å². The SMILES string of the molecule is CCCN1C(=O)C(Nc2ccc(OC)c(Cl)c2)=C(c2cccs2)C1=O. The van der Waals surface area contributed by atoms with E-state index in [1.807, 2.05) is 24.4 Å². The molecule has 0 radical (unpaired) electrons. The topological polar surface area (TPSA) is 58.6 Å². The van der Waals surface area contributed by atoms with E-state index in [2.05, 4.69) is 5.32 Å². The Hall–Kier alpha value is -2.31. The number of thiophene rings is 1. The molecule has 0 atom stereocenters. The first-order valence-electron chi connectivity index (χ1n) is 7.81. The third kappa shape index (κ3) is 3.27. The molecule has 0 aliphatic carbocycles. The van der Waals surface area contributed by atoms with Gasteiger partial charge in [-0.1, -0.05) is 24.6 Å². The molecule has 0 saturated heterocycles. The molecule has 1 aromatic carbocycles. The van der Waals surface area contributed by atoms with Gasteiger partial charge in [0.05, 0.1) is 17.7 Å². The Bertz CT molecular complexity index is 846. The largest absolute Gasteiger partial charge is 0.495 e. The Balaban J connectivity index is 2.01. The van der Waals surface area contributed by atoms with Gasteiger partial charge < -0.3 is 10.1 Å². The van der Waals surface area contributed by atoms with Crippen LogP contribution in [-0.4, -0.2) is 30.4 Å². The first-order valence-corrected chi connectivity index (χ1v) is 9.07. The van der Waals surface area contributed by atoms with Crippen LogP contribution in [0.3, 0.4) is 0 Å². The van der Waals surface area contributed by atoms with Crippen molar-refractivity contribution in [2.45, 2.75) is 13.3 Å². The van der Waals surface area contributed by atoms with Crippen LogP contribution in [0, 0.1) is 0 Å². The Morgan fingerprint density at radius 1 is 1.24 bits per heavy atom. The molecule has 2 amide bonds. The van der Waals surface area contributed by atoms with Crippen molar-refractivity contribution < 1.29 is 14.3 Å². The lowest BCUT2D eigenvalue weighted by molar-refractivity contribution is -0.136. The zero-order chi connectivity index (χ0) is 18.0. The van der Waals surface area contributed by atoms with Gasteiger partial charge in [-0.25, -0.2) is 0 Å². The van der Waals surface area contributed by atoms with E-state index in [1.165, 1.54) is 23.3 Å². The van der Waals surface area contributed by atoms with Crippen molar-refractivity contribution in [2.75, 3.05) is 19.0 Å². The zero-order valence-electron chi connectivity index (χ0n) is 13.8. The number of amides is 2. The summed E-state index contributed by atoms with van der Waals surface area (Å²) in [5, 5.41) is 5.38. The predicted octanol–water partition coefficient (Wildman–Crippen LogP) is 4.01. The number of hydrogen-bond donors (Lipinski definition) is 1. The van der Waals surface area contributed by atoms with Crippen LogP contribution in [0.4, 0.5) is 5.69 Å². The molecule has 3 rings (SSSR count). The molecule has 7 heteroatoms. The van der Waals surface area contributed by atoms with Gasteiger partial charge in [0.15, 0.2) is 0 Å². The third-order valence-electron chi connectivity index (χ3n) is 3.80. The fourth-order valence-electron chi connectivity index (χ4n) is 2.66. The van der Waals surface area contributed by atoms with Gasteiger partial charge >= 0.3 is 0 Å². The third-order valence-corrected chi connectivity index (χ3v) is 4.99. The van der Waals surface area contributed by atoms with Crippen LogP contribution in [0.25, 0.3) is 5.57 Å². The summed E-state index contributed by atoms with van der Waals surface area (Å²) in [6.45, 7) is 2.32. The van der Waals surface area contributed by atoms with Crippen molar-refractivity contribution in [1.82, 2.24) is 4.90 Å². The Labute approximate surface area is 154 Å². The van der Waals surface area contributed by atoms with Gasteiger partial charge in [-0.05, 0) is 36.1 Å². The van der Waals surface area contributed by atoms with Crippen molar-refractivity contribution in [2.24, 2.45) is 0 Å². The smallest absolute Gasteiger partial charge is 0.278 e. The fourth-order valence-corrected chi connectivity index (χ4v) is 3.68. The van der Waals surface area contributed by atoms with Crippen LogP contribution >= 0.6 is 22.9 Å². The molecule has 0 saturated carbocycles. The second kappa shape index (κ2) is 7.29. The number of hydrogen-bond acceptors (Lipinski definition) is 5. The molecule has 0 unspecified atom stereocenters. The summed E-state index contributed by atoms with van der Waals surface area (Å²) in [5.41, 5.74) is 1.30. The lowest BCUT2D eigenvalue weighted by Gasteiger charge is -2.14. The molecule has 5 nitrogen and oxygen atoms in total. The van der Waals surface area contributed by atoms with Gasteiger partial charge in [0.25, 0.3) is 11.8 Å². The standard InChI is InChI=1S/C18H17ClN2O3S/c1-3-8-21-17(22)15(14-5-4-9-25-14)16(18(21)23)20-11-6-7-13(24-2)12(19)10-11/h4-7,9-10,20H,3,8H2,1-2H3. The molecule has 2 aromatic rings. The maximum absolute atomic E-state index is 12.8. The van der Waals surface area contributed by atoms with Crippen LogP contribution in [0.2, 0.25) is 5.02 Å². The number of anilines is 1. The van der Waals surface area contributed by atoms with Gasteiger partial charge in [0.2, 0.25) is 0 Å². The van der Waals surface area contributed by atoms with Crippen LogP contribution < -0.4 is 10.1 Å². The molecule has 0 spiro atoms. The normalized spacial score (nSPS) is 14.4. The minimum Gasteiger partial charge on any atom is -0.495 e. The number of ether oxygens (including phenoxy) is 1. The van der Waals surface area contributed by atoms with E-state index in [-0.39, 0.29) is 17.5 Å². The molecule has 130 valence electrons. The number of nitrogens with one attached hydrogen (secondary N) is 1. The van der Waals surface area contributed by atoms with Gasteiger partial charge in [0.1, 0.15) is 11.4 Å². The summed E-state index contributed by atoms with van der Waals surface area (Å²) in [6, 6.07) is 8.82. The number of imide groups is 1. The minimum atomic E-state index is -0.317. The number of methoxy groups -OCH3 is 1. The Morgan fingerprint density at radius 3 is 2.64 bits per heavy atom. The summed E-state index contributed by atoms with van der Waals surface area (Å²) >= 11 is 7.58. The lowest BCUT2D eigenvalue weighted by atomic mass is 10.2. The Morgan fingerprint density at radius 2 is 2.04 bits per heavy atom. The summed E-state index contributed by atoms with van der Waals surface area (Å²) in [7, 11) is 1.54. The molecule has 1 aliphatic rings. The average molecular weight is 377 g/mol. The van der Waals surface area contributed by atoms with Gasteiger partial charge in [0, 0.05) is 17.1 Å². The van der Waals surface area contributed by atoms with E-state index < -0.39 is 0 Å². The zero-order valence-corrected chi connectivity index (χ0v) is 15.4. The average Bonchev–Trinajstić information content (AvgIpc) is 3.19. The van der Waals surface area contributed by atoms with E-state index >= 15 is 0 Å². The van der Waals surface area contributed by atoms with Crippen molar-refractivity contribution in [3.63, 3.8) is 0 Å². The van der Waals surface area contributed by atoms with Gasteiger partial charge in [-0.15, -0.1) is 11.3 Å². The molecular formula is C18H17ClN2O3S. The summed E-state index contributed by atoms with van der Waals surface area (Å²) in [5.74, 6) is -0.0419. The van der Waals surface area contributed by atoms with Crippen LogP contribution in [-0.2, 0) is 9.59 Å². The van der Waals surface area contributed by atoms with Crippen LogP contribution in [0.5, 0.6) is 5.75 Å². The quantitative estimate of drug-likeness (QED) is 0.774. The monoisotopic (exact) mass is 376 g/mol. The number of carbonyl (C=O) groups excluding carboxylic acids is 2. The first kappa shape index (κ1) is 17.5. The maximum atomic E-state index is 12.8. The lowest BCUT2D eigenvalue weighted by Crippen LogP contribution is -2.33. The number of carbonyl (C=O) groups is 2. The van der Waals surface area contributed by atoms with Crippen molar-refractivity contribution in [1.29, 1.82) is 0 Å². The van der Waals surface area contributed by atoms with Crippen LogP contribution in [0.15, 0.2) is 41.4 Å². The van der Waals surface area contributed by atoms with Crippen molar-refractivity contribution in [3.05, 3.63) is 51.3 Å². The second-order valence-corrected chi connectivity index (χ2v) is 6.82. The molecular weight excluding hydrogens is 360 g/mol. The maximum Gasteiger partial charge on any atom is 0.278 e. The van der Waals surface area contributed by atoms with Crippen LogP contribution in [0.1, 0.15) is 18.2 Å². The number of rotatable bonds is 6. The Kier molecular flexibility index (Phi) is 5.11. The molecule has 1 aliphatic heterocycles. The number of halogens is 1. The van der Waals surface area contributed by atoms with Crippen molar-refractivity contribution >= 4 is 46.0 Å². The van der Waals surface area contributed by atoms with Gasteiger partial charge in [-0.2, -0.15) is 0 Å². The van der Waals surface area contributed by atoms with E-state index in [0.29, 0.717) is 35.0 Å². The van der Waals surface area contributed by atoms with E-state index in [9.17, 15) is 9.59 Å². The second-order valence-electron chi connectivity index (χ2n) is 5.46. The molecule has 1 N–H and O–H groups in total. The highest BCUT2D eigenvalue weighted by molar-refractivity contribution is 7.11. The highest BCUT2D eigenvalue weighted by Gasteiger charge is 2.39. The number of benzene rings is 1. The highest BCUT2D eigenvalue weighted by atomic mass is 35.5. The summed E-state index contributed by atoms with van der Waals surface area (Å²) in [6.07, 6.45) is 0.705. The number of nitrogens with zero attached hydrogens (tertiary/aromatic N) is 1. The van der Waals surface area contributed by atoms with E-state index in [0.717, 1.165) is 4.88 Å². The molecule has 0 fully saturated rings. The molecule has 0 bridgehead atoms. The first-order chi connectivity index (χ1) is 12.1. The predicted molar refractivity (Wildman–Crippen MR) is 99.9 cm³/mol. The minimum absolute atomic E-state index is 0.267. The molecule has 2 heterocycles. The molecule has 25 heavy (non-hydrogen) atoms. The fraction of sp³-hybridized carbons (Fsp3) is 0.222. The van der Waals surface area contributed by atoms with Gasteiger partial charge in [-0.3, -0.25) is 14.5 Å². The summed E-state index contributed by atoms with van der Waals surface area (Å²) in [4.78, 5) is 27.5.